The van der Waals surface area contributed by atoms with E-state index in [9.17, 15) is 14.4 Å². The molecule has 0 spiro atoms. The maximum atomic E-state index is 12.9. The molecule has 0 aliphatic heterocycles. The summed E-state index contributed by atoms with van der Waals surface area (Å²) in [6.07, 6.45) is 76.1. The third-order valence-corrected chi connectivity index (χ3v) is 13.2. The second-order valence-electron chi connectivity index (χ2n) is 20.2. The second-order valence-corrected chi connectivity index (χ2v) is 20.2. The minimum Gasteiger partial charge on any atom is -0.462 e. The van der Waals surface area contributed by atoms with Gasteiger partial charge in [0, 0.05) is 19.3 Å². The van der Waals surface area contributed by atoms with Gasteiger partial charge in [-0.3, -0.25) is 14.4 Å². The molecule has 0 saturated carbocycles. The first kappa shape index (κ1) is 67.8. The van der Waals surface area contributed by atoms with E-state index >= 15 is 0 Å². The first-order valence-corrected chi connectivity index (χ1v) is 30.4. The van der Waals surface area contributed by atoms with Crippen LogP contribution in [-0.2, 0) is 28.6 Å². The Bertz CT molecular complexity index is 1320. The van der Waals surface area contributed by atoms with E-state index in [0.29, 0.717) is 19.3 Å². The molecular formula is C65H114O6. The Labute approximate surface area is 440 Å². The number of unbranched alkanes of at least 4 members (excludes halogenated alkanes) is 32. The quantitative estimate of drug-likeness (QED) is 0.0261. The van der Waals surface area contributed by atoms with Crippen LogP contribution >= 0.6 is 0 Å². The molecule has 0 aliphatic rings. The molecule has 0 aliphatic carbocycles. The fraction of sp³-hybridized carbons (Fsp3) is 0.769. The van der Waals surface area contributed by atoms with E-state index in [1.165, 1.54) is 154 Å². The highest BCUT2D eigenvalue weighted by atomic mass is 16.6. The van der Waals surface area contributed by atoms with Crippen LogP contribution in [-0.4, -0.2) is 37.2 Å². The molecule has 0 aromatic heterocycles. The van der Waals surface area contributed by atoms with Gasteiger partial charge in [-0.1, -0.05) is 267 Å². The molecule has 0 fully saturated rings. The molecule has 0 heterocycles. The summed E-state index contributed by atoms with van der Waals surface area (Å²) in [7, 11) is 0. The molecule has 0 unspecified atom stereocenters. The maximum Gasteiger partial charge on any atom is 0.306 e. The summed E-state index contributed by atoms with van der Waals surface area (Å²) in [4.78, 5) is 38.2. The molecule has 0 bridgehead atoms. The van der Waals surface area contributed by atoms with Gasteiger partial charge in [0.1, 0.15) is 13.2 Å². The number of esters is 3. The van der Waals surface area contributed by atoms with Gasteiger partial charge >= 0.3 is 17.9 Å². The molecule has 71 heavy (non-hydrogen) atoms. The molecular weight excluding hydrogens is 877 g/mol. The van der Waals surface area contributed by atoms with Gasteiger partial charge in [0.15, 0.2) is 6.10 Å². The summed E-state index contributed by atoms with van der Waals surface area (Å²) in [6.45, 7) is 6.52. The number of carbonyl (C=O) groups is 3. The number of carbonyl (C=O) groups excluding carboxylic acids is 3. The molecule has 0 aromatic carbocycles. The van der Waals surface area contributed by atoms with E-state index in [1.807, 2.05) is 0 Å². The molecule has 0 saturated heterocycles. The van der Waals surface area contributed by atoms with Crippen molar-refractivity contribution in [1.82, 2.24) is 0 Å². The predicted molar refractivity (Wildman–Crippen MR) is 307 cm³/mol. The fourth-order valence-electron chi connectivity index (χ4n) is 8.64. The largest absolute Gasteiger partial charge is 0.462 e. The van der Waals surface area contributed by atoms with Crippen molar-refractivity contribution in [2.45, 2.75) is 309 Å². The first-order chi connectivity index (χ1) is 35.0. The van der Waals surface area contributed by atoms with Crippen molar-refractivity contribution in [3.05, 3.63) is 72.9 Å². The Hall–Kier alpha value is -3.15. The third kappa shape index (κ3) is 57.6. The Kier molecular flexibility index (Phi) is 56.8. The van der Waals surface area contributed by atoms with Crippen molar-refractivity contribution in [2.24, 2.45) is 0 Å². The molecule has 0 amide bonds. The van der Waals surface area contributed by atoms with E-state index < -0.39 is 6.10 Å². The van der Waals surface area contributed by atoms with Gasteiger partial charge in [-0.25, -0.2) is 0 Å². The monoisotopic (exact) mass is 991 g/mol. The van der Waals surface area contributed by atoms with E-state index in [2.05, 4.69) is 93.7 Å². The maximum absolute atomic E-state index is 12.9. The van der Waals surface area contributed by atoms with E-state index in [1.54, 1.807) is 0 Å². The minimum atomic E-state index is -0.793. The number of rotatable bonds is 55. The molecule has 1 atom stereocenters. The highest BCUT2D eigenvalue weighted by Crippen LogP contribution is 2.16. The molecule has 410 valence electrons. The van der Waals surface area contributed by atoms with Gasteiger partial charge in [-0.15, -0.1) is 0 Å². The minimum absolute atomic E-state index is 0.0867. The van der Waals surface area contributed by atoms with Gasteiger partial charge < -0.3 is 14.2 Å². The summed E-state index contributed by atoms with van der Waals surface area (Å²) in [5.41, 5.74) is 0. The Morgan fingerprint density at radius 2 is 0.549 bits per heavy atom. The zero-order valence-corrected chi connectivity index (χ0v) is 47.0. The second kappa shape index (κ2) is 59.4. The summed E-state index contributed by atoms with van der Waals surface area (Å²) in [5.74, 6) is -0.915. The van der Waals surface area contributed by atoms with Crippen LogP contribution in [0.25, 0.3) is 0 Å². The van der Waals surface area contributed by atoms with Crippen LogP contribution in [0, 0.1) is 0 Å². The molecule has 0 radical (unpaired) electrons. The van der Waals surface area contributed by atoms with Crippen molar-refractivity contribution < 1.29 is 28.6 Å². The zero-order chi connectivity index (χ0) is 51.4. The van der Waals surface area contributed by atoms with Crippen LogP contribution in [0.5, 0.6) is 0 Å². The first-order valence-electron chi connectivity index (χ1n) is 30.4. The Morgan fingerprint density at radius 1 is 0.296 bits per heavy atom. The molecule has 0 aromatic rings. The average Bonchev–Trinajstić information content (AvgIpc) is 3.37. The van der Waals surface area contributed by atoms with Crippen LogP contribution in [0.2, 0.25) is 0 Å². The number of allylic oxidation sites excluding steroid dienone is 12. The standard InChI is InChI=1S/C65H114O6/c1-4-7-10-13-16-19-22-25-28-30-32-34-37-39-42-45-48-51-54-57-63(66)69-60-62(71-65(68)59-56-53-50-47-44-41-36-27-24-21-18-15-12-9-6-3)61-70-64(67)58-55-52-49-46-43-40-38-35-33-31-29-26-23-20-17-14-11-8-5-2/h7,10,16,19,25,27-28,32,34,36,39,42,62H,4-6,8-9,11-15,17-18,20-24,26,29-31,33,35,37-38,40-41,43-61H2,1-3H3/b10-7-,19-16-,28-25-,34-32-,36-27-,42-39-/t62-/m1/s1. The number of hydrogen-bond acceptors (Lipinski definition) is 6. The Balaban J connectivity index is 4.41. The van der Waals surface area contributed by atoms with Crippen LogP contribution < -0.4 is 0 Å². The van der Waals surface area contributed by atoms with Crippen LogP contribution in [0.4, 0.5) is 0 Å². The zero-order valence-electron chi connectivity index (χ0n) is 47.0. The van der Waals surface area contributed by atoms with Gasteiger partial charge in [-0.05, 0) is 89.9 Å². The third-order valence-electron chi connectivity index (χ3n) is 13.2. The van der Waals surface area contributed by atoms with Crippen LogP contribution in [0.15, 0.2) is 72.9 Å². The lowest BCUT2D eigenvalue weighted by Gasteiger charge is -2.18. The van der Waals surface area contributed by atoms with Crippen molar-refractivity contribution in [2.75, 3.05) is 13.2 Å². The molecule has 0 N–H and O–H groups in total. The smallest absolute Gasteiger partial charge is 0.306 e. The van der Waals surface area contributed by atoms with E-state index in [-0.39, 0.29) is 31.1 Å². The number of hydrogen-bond donors (Lipinski definition) is 0. The van der Waals surface area contributed by atoms with Gasteiger partial charge in [0.05, 0.1) is 0 Å². The lowest BCUT2D eigenvalue weighted by atomic mass is 10.0. The van der Waals surface area contributed by atoms with E-state index in [0.717, 1.165) is 109 Å². The molecule has 0 rings (SSSR count). The molecule has 6 nitrogen and oxygen atoms in total. The SMILES string of the molecule is CC/C=C\C/C=C\C/C=C\C/C=C\C/C=C\CCCCCC(=O)OC[C@H](COC(=O)CCCCCCCCCCCCCCCCCCCCC)OC(=O)CCCCCCC/C=C\CCCCCCCC. The summed E-state index contributed by atoms with van der Waals surface area (Å²) < 4.78 is 16.9. The van der Waals surface area contributed by atoms with Gasteiger partial charge in [-0.2, -0.15) is 0 Å². The summed E-state index contributed by atoms with van der Waals surface area (Å²) >= 11 is 0. The lowest BCUT2D eigenvalue weighted by Crippen LogP contribution is -2.30. The van der Waals surface area contributed by atoms with Crippen molar-refractivity contribution >= 4 is 17.9 Å². The van der Waals surface area contributed by atoms with Crippen LogP contribution in [0.1, 0.15) is 303 Å². The van der Waals surface area contributed by atoms with Crippen molar-refractivity contribution in [3.8, 4) is 0 Å². The fourth-order valence-corrected chi connectivity index (χ4v) is 8.64. The van der Waals surface area contributed by atoms with Crippen molar-refractivity contribution in [3.63, 3.8) is 0 Å². The average molecular weight is 992 g/mol. The lowest BCUT2D eigenvalue weighted by molar-refractivity contribution is -0.167. The summed E-state index contributed by atoms with van der Waals surface area (Å²) in [6, 6.07) is 0. The van der Waals surface area contributed by atoms with Crippen LogP contribution in [0.3, 0.4) is 0 Å². The van der Waals surface area contributed by atoms with E-state index in [4.69, 9.17) is 14.2 Å². The topological polar surface area (TPSA) is 78.9 Å². The number of ether oxygens (including phenoxy) is 3. The summed E-state index contributed by atoms with van der Waals surface area (Å²) in [5, 5.41) is 0. The van der Waals surface area contributed by atoms with Gasteiger partial charge in [0.2, 0.25) is 0 Å². The normalized spacial score (nSPS) is 12.5. The Morgan fingerprint density at radius 3 is 0.887 bits per heavy atom. The highest BCUT2D eigenvalue weighted by Gasteiger charge is 2.19. The molecule has 6 heteroatoms. The highest BCUT2D eigenvalue weighted by molar-refractivity contribution is 5.71. The predicted octanol–water partition coefficient (Wildman–Crippen LogP) is 20.5. The van der Waals surface area contributed by atoms with Gasteiger partial charge in [0.25, 0.3) is 0 Å². The van der Waals surface area contributed by atoms with Crippen molar-refractivity contribution in [1.29, 1.82) is 0 Å².